The van der Waals surface area contributed by atoms with Gasteiger partial charge in [-0.2, -0.15) is 0 Å². The number of aliphatic hydroxyl groups excluding tert-OH is 1. The molecule has 0 spiro atoms. The fraction of sp³-hybridized carbons (Fsp3) is 1.00. The van der Waals surface area contributed by atoms with Crippen LogP contribution in [0.3, 0.4) is 0 Å². The van der Waals surface area contributed by atoms with Gasteiger partial charge in [0.05, 0.1) is 18.3 Å². The quantitative estimate of drug-likeness (QED) is 0.533. The summed E-state index contributed by atoms with van der Waals surface area (Å²) in [6.07, 6.45) is 0.189. The van der Waals surface area contributed by atoms with Crippen molar-refractivity contribution in [3.63, 3.8) is 0 Å². The predicted octanol–water partition coefficient (Wildman–Crippen LogP) is 0.262. The highest BCUT2D eigenvalue weighted by molar-refractivity contribution is 4.95. The number of rotatable bonds is 0. The third kappa shape index (κ3) is 1.72. The van der Waals surface area contributed by atoms with E-state index in [4.69, 9.17) is 10.5 Å². The van der Waals surface area contributed by atoms with E-state index in [0.29, 0.717) is 0 Å². The number of hydrogen-bond donors (Lipinski definition) is 2. The molecule has 2 unspecified atom stereocenters. The first kappa shape index (κ1) is 8.97. The average Bonchev–Trinajstić information content (AvgIpc) is 1.81. The van der Waals surface area contributed by atoms with Gasteiger partial charge in [0, 0.05) is 5.54 Å². The summed E-state index contributed by atoms with van der Waals surface area (Å²) in [6.45, 7) is 5.70. The van der Waals surface area contributed by atoms with E-state index >= 15 is 0 Å². The Morgan fingerprint density at radius 3 is 2.55 bits per heavy atom. The van der Waals surface area contributed by atoms with Crippen molar-refractivity contribution in [2.45, 2.75) is 51.0 Å². The van der Waals surface area contributed by atoms with E-state index in [0.717, 1.165) is 6.42 Å². The van der Waals surface area contributed by atoms with Gasteiger partial charge >= 0.3 is 0 Å². The molecule has 1 rings (SSSR count). The highest BCUT2D eigenvalue weighted by Crippen LogP contribution is 2.26. The molecule has 0 aromatic heterocycles. The molecule has 0 radical (unpaired) electrons. The summed E-state index contributed by atoms with van der Waals surface area (Å²) in [5.74, 6) is 0. The molecule has 3 nitrogen and oxygen atoms in total. The minimum Gasteiger partial charge on any atom is -0.389 e. The highest BCUT2D eigenvalue weighted by Gasteiger charge is 2.39. The third-order valence-corrected chi connectivity index (χ3v) is 2.29. The SMILES string of the molecule is CC1O[C@H](C)CC(C)(N)[C@@H]1O. The van der Waals surface area contributed by atoms with Gasteiger partial charge in [-0.1, -0.05) is 0 Å². The van der Waals surface area contributed by atoms with E-state index in [-0.39, 0.29) is 12.2 Å². The lowest BCUT2D eigenvalue weighted by Gasteiger charge is -2.42. The van der Waals surface area contributed by atoms with E-state index in [1.165, 1.54) is 0 Å². The first-order valence-electron chi connectivity index (χ1n) is 4.06. The summed E-state index contributed by atoms with van der Waals surface area (Å²) in [6, 6.07) is 0. The van der Waals surface area contributed by atoms with Gasteiger partial charge in [0.15, 0.2) is 0 Å². The zero-order chi connectivity index (χ0) is 8.65. The lowest BCUT2D eigenvalue weighted by molar-refractivity contribution is -0.135. The number of hydrogen-bond acceptors (Lipinski definition) is 3. The van der Waals surface area contributed by atoms with Crippen molar-refractivity contribution in [2.24, 2.45) is 5.73 Å². The molecular formula is C8H17NO2. The van der Waals surface area contributed by atoms with Crippen LogP contribution in [0.15, 0.2) is 0 Å². The molecule has 0 aromatic carbocycles. The Bertz CT molecular complexity index is 147. The maximum absolute atomic E-state index is 9.57. The lowest BCUT2D eigenvalue weighted by Crippen LogP contribution is -2.59. The molecule has 66 valence electrons. The van der Waals surface area contributed by atoms with E-state index in [2.05, 4.69) is 0 Å². The smallest absolute Gasteiger partial charge is 0.0976 e. The molecule has 0 aliphatic carbocycles. The van der Waals surface area contributed by atoms with Crippen molar-refractivity contribution in [3.8, 4) is 0 Å². The molecule has 4 atom stereocenters. The molecule has 1 aliphatic rings. The molecule has 0 saturated carbocycles. The van der Waals surface area contributed by atoms with Crippen LogP contribution in [0.2, 0.25) is 0 Å². The predicted molar refractivity (Wildman–Crippen MR) is 43.2 cm³/mol. The van der Waals surface area contributed by atoms with Gasteiger partial charge < -0.3 is 15.6 Å². The molecule has 0 bridgehead atoms. The topological polar surface area (TPSA) is 55.5 Å². The standard InChI is InChI=1S/C8H17NO2/c1-5-4-8(3,9)7(10)6(2)11-5/h5-7,10H,4,9H2,1-3H3/t5-,6?,7-,8?/m1/s1. The molecule has 1 aliphatic heterocycles. The highest BCUT2D eigenvalue weighted by atomic mass is 16.5. The second kappa shape index (κ2) is 2.73. The van der Waals surface area contributed by atoms with E-state index in [1.807, 2.05) is 20.8 Å². The second-order valence-electron chi connectivity index (χ2n) is 3.81. The molecule has 3 N–H and O–H groups in total. The van der Waals surface area contributed by atoms with Crippen LogP contribution in [0.25, 0.3) is 0 Å². The normalized spacial score (nSPS) is 52.6. The van der Waals surface area contributed by atoms with Crippen LogP contribution in [-0.2, 0) is 4.74 Å². The van der Waals surface area contributed by atoms with Gasteiger partial charge in [0.2, 0.25) is 0 Å². The van der Waals surface area contributed by atoms with Crippen molar-refractivity contribution in [1.82, 2.24) is 0 Å². The Balaban J connectivity index is 2.67. The van der Waals surface area contributed by atoms with Gasteiger partial charge in [-0.05, 0) is 27.2 Å². The Morgan fingerprint density at radius 1 is 1.55 bits per heavy atom. The van der Waals surface area contributed by atoms with E-state index in [9.17, 15) is 5.11 Å². The molecule has 11 heavy (non-hydrogen) atoms. The molecule has 1 heterocycles. The molecule has 0 amide bonds. The summed E-state index contributed by atoms with van der Waals surface area (Å²) < 4.78 is 5.40. The average molecular weight is 159 g/mol. The van der Waals surface area contributed by atoms with Crippen molar-refractivity contribution in [1.29, 1.82) is 0 Å². The fourth-order valence-electron chi connectivity index (χ4n) is 1.77. The number of nitrogens with two attached hydrogens (primary N) is 1. The van der Waals surface area contributed by atoms with Crippen LogP contribution in [0.1, 0.15) is 27.2 Å². The van der Waals surface area contributed by atoms with Crippen molar-refractivity contribution >= 4 is 0 Å². The van der Waals surface area contributed by atoms with Crippen molar-refractivity contribution in [2.75, 3.05) is 0 Å². The zero-order valence-corrected chi connectivity index (χ0v) is 7.37. The Hall–Kier alpha value is -0.120. The molecule has 1 fully saturated rings. The summed E-state index contributed by atoms with van der Waals surface area (Å²) in [5.41, 5.74) is 5.38. The summed E-state index contributed by atoms with van der Waals surface area (Å²) >= 11 is 0. The van der Waals surface area contributed by atoms with Gasteiger partial charge in [0.1, 0.15) is 0 Å². The van der Waals surface area contributed by atoms with E-state index < -0.39 is 11.6 Å². The van der Waals surface area contributed by atoms with Crippen LogP contribution in [0, 0.1) is 0 Å². The minimum absolute atomic E-state index is 0.145. The maximum atomic E-state index is 9.57. The van der Waals surface area contributed by atoms with Crippen molar-refractivity contribution in [3.05, 3.63) is 0 Å². The number of ether oxygens (including phenoxy) is 1. The second-order valence-corrected chi connectivity index (χ2v) is 3.81. The molecule has 1 saturated heterocycles. The van der Waals surface area contributed by atoms with Gasteiger partial charge in [0.25, 0.3) is 0 Å². The Kier molecular flexibility index (Phi) is 2.23. The van der Waals surface area contributed by atoms with Crippen LogP contribution < -0.4 is 5.73 Å². The zero-order valence-electron chi connectivity index (χ0n) is 7.37. The summed E-state index contributed by atoms with van der Waals surface area (Å²) in [7, 11) is 0. The third-order valence-electron chi connectivity index (χ3n) is 2.29. The van der Waals surface area contributed by atoms with E-state index in [1.54, 1.807) is 0 Å². The molecular weight excluding hydrogens is 142 g/mol. The fourth-order valence-corrected chi connectivity index (χ4v) is 1.77. The first-order chi connectivity index (χ1) is 4.93. The maximum Gasteiger partial charge on any atom is 0.0976 e. The van der Waals surface area contributed by atoms with Gasteiger partial charge in [-0.25, -0.2) is 0 Å². The monoisotopic (exact) mass is 159 g/mol. The van der Waals surface area contributed by atoms with Crippen molar-refractivity contribution < 1.29 is 9.84 Å². The van der Waals surface area contributed by atoms with Gasteiger partial charge in [-0.3, -0.25) is 0 Å². The lowest BCUT2D eigenvalue weighted by atomic mass is 9.84. The molecule has 3 heteroatoms. The molecule has 0 aromatic rings. The van der Waals surface area contributed by atoms with Gasteiger partial charge in [-0.15, -0.1) is 0 Å². The Labute approximate surface area is 67.5 Å². The van der Waals surface area contributed by atoms with Crippen LogP contribution in [-0.4, -0.2) is 29.0 Å². The van der Waals surface area contributed by atoms with Crippen LogP contribution in [0.4, 0.5) is 0 Å². The summed E-state index contributed by atoms with van der Waals surface area (Å²) in [5, 5.41) is 9.57. The minimum atomic E-state index is -0.543. The first-order valence-corrected chi connectivity index (χ1v) is 4.06. The Morgan fingerprint density at radius 2 is 2.09 bits per heavy atom. The van der Waals surface area contributed by atoms with Crippen LogP contribution >= 0.6 is 0 Å². The largest absolute Gasteiger partial charge is 0.389 e. The summed E-state index contributed by atoms with van der Waals surface area (Å²) in [4.78, 5) is 0. The van der Waals surface area contributed by atoms with Crippen LogP contribution in [0.5, 0.6) is 0 Å². The number of aliphatic hydroxyl groups is 1.